The van der Waals surface area contributed by atoms with Crippen molar-refractivity contribution in [3.05, 3.63) is 69.4 Å². The van der Waals surface area contributed by atoms with E-state index < -0.39 is 0 Å². The first-order valence-corrected chi connectivity index (χ1v) is 14.8. The highest BCUT2D eigenvalue weighted by Gasteiger charge is 2.24. The number of aryl methyl sites for hydroxylation is 1. The Balaban J connectivity index is 1.45. The van der Waals surface area contributed by atoms with Crippen LogP contribution in [-0.4, -0.2) is 59.3 Å². The summed E-state index contributed by atoms with van der Waals surface area (Å²) >= 11 is 1.63. The van der Waals surface area contributed by atoms with E-state index in [4.69, 9.17) is 4.98 Å². The number of carbonyl (C=O) groups excluding carboxylic acids is 2. The number of amides is 2. The van der Waals surface area contributed by atoms with Gasteiger partial charge in [0.05, 0.1) is 11.9 Å². The Morgan fingerprint density at radius 3 is 2.63 bits per heavy atom. The number of nitrogens with zero attached hydrogens (tertiary/aromatic N) is 4. The highest BCUT2D eigenvalue weighted by atomic mass is 32.1. The first-order chi connectivity index (χ1) is 18.5. The molecule has 2 aliphatic rings. The standard InChI is InChI=1S/C31H38N4O2S/c1-23-8-9-29-27(18-23)20-28(31(32-29)34-15-13-33(14-16-34)24(2)36)21-35(12-10-25-6-4-3-5-7-25)30(37)19-26-11-17-38-22-26/h6,8-9,11,17-18,20,22H,3-5,7,10,12-16,19,21H2,1-2H3. The van der Waals surface area contributed by atoms with Crippen molar-refractivity contribution in [2.45, 2.75) is 58.9 Å². The number of pyridine rings is 1. The number of hydrogen-bond donors (Lipinski definition) is 0. The summed E-state index contributed by atoms with van der Waals surface area (Å²) in [6.45, 7) is 7.86. The fourth-order valence-electron chi connectivity index (χ4n) is 5.54. The van der Waals surface area contributed by atoms with Gasteiger partial charge in [0.25, 0.3) is 0 Å². The van der Waals surface area contributed by atoms with E-state index in [-0.39, 0.29) is 11.8 Å². The van der Waals surface area contributed by atoms with E-state index in [1.807, 2.05) is 21.2 Å². The van der Waals surface area contributed by atoms with Crippen LogP contribution in [0.4, 0.5) is 5.82 Å². The smallest absolute Gasteiger partial charge is 0.227 e. The molecule has 1 saturated heterocycles. The number of allylic oxidation sites excluding steroid dienone is 1. The summed E-state index contributed by atoms with van der Waals surface area (Å²) in [5.41, 5.74) is 5.80. The van der Waals surface area contributed by atoms with Crippen molar-refractivity contribution in [3.8, 4) is 0 Å². The summed E-state index contributed by atoms with van der Waals surface area (Å²) < 4.78 is 0. The molecule has 1 aliphatic heterocycles. The van der Waals surface area contributed by atoms with Crippen LogP contribution in [0.3, 0.4) is 0 Å². The molecule has 0 atom stereocenters. The fraction of sp³-hybridized carbons (Fsp3) is 0.452. The van der Waals surface area contributed by atoms with E-state index in [1.165, 1.54) is 24.0 Å². The van der Waals surface area contributed by atoms with E-state index in [1.54, 1.807) is 18.3 Å². The second kappa shape index (κ2) is 12.1. The second-order valence-corrected chi connectivity index (χ2v) is 11.4. The molecule has 38 heavy (non-hydrogen) atoms. The van der Waals surface area contributed by atoms with Crippen molar-refractivity contribution in [1.82, 2.24) is 14.8 Å². The summed E-state index contributed by atoms with van der Waals surface area (Å²) in [7, 11) is 0. The molecule has 0 saturated carbocycles. The second-order valence-electron chi connectivity index (χ2n) is 10.6. The lowest BCUT2D eigenvalue weighted by Crippen LogP contribution is -2.48. The molecule has 1 fully saturated rings. The number of rotatable bonds is 8. The van der Waals surface area contributed by atoms with Gasteiger partial charge in [0.2, 0.25) is 11.8 Å². The number of piperazine rings is 1. The van der Waals surface area contributed by atoms with Crippen LogP contribution in [0.5, 0.6) is 0 Å². The fourth-order valence-corrected chi connectivity index (χ4v) is 6.21. The molecule has 200 valence electrons. The van der Waals surface area contributed by atoms with E-state index in [0.29, 0.717) is 26.1 Å². The van der Waals surface area contributed by atoms with E-state index in [0.717, 1.165) is 66.7 Å². The molecular formula is C31H38N4O2S. The van der Waals surface area contributed by atoms with Crippen LogP contribution in [0, 0.1) is 6.92 Å². The average Bonchev–Trinajstić information content (AvgIpc) is 3.44. The summed E-state index contributed by atoms with van der Waals surface area (Å²) in [4.78, 5) is 36.9. The number of benzene rings is 1. The number of aromatic nitrogens is 1. The third-order valence-corrected chi connectivity index (χ3v) is 8.52. The first kappa shape index (κ1) is 26.4. The quantitative estimate of drug-likeness (QED) is 0.349. The molecule has 5 rings (SSSR count). The maximum absolute atomic E-state index is 13.6. The predicted molar refractivity (Wildman–Crippen MR) is 156 cm³/mol. The molecule has 3 aromatic rings. The van der Waals surface area contributed by atoms with Crippen LogP contribution in [-0.2, 0) is 22.6 Å². The maximum atomic E-state index is 13.6. The third kappa shape index (κ3) is 6.44. The Morgan fingerprint density at radius 2 is 1.92 bits per heavy atom. The Morgan fingerprint density at radius 1 is 1.08 bits per heavy atom. The van der Waals surface area contributed by atoms with Crippen LogP contribution in [0.15, 0.2) is 52.7 Å². The van der Waals surface area contributed by atoms with Gasteiger partial charge in [-0.2, -0.15) is 11.3 Å². The van der Waals surface area contributed by atoms with Crippen LogP contribution >= 0.6 is 11.3 Å². The largest absolute Gasteiger partial charge is 0.353 e. The molecule has 0 radical (unpaired) electrons. The van der Waals surface area contributed by atoms with E-state index in [9.17, 15) is 9.59 Å². The molecule has 0 spiro atoms. The molecule has 0 N–H and O–H groups in total. The Kier molecular flexibility index (Phi) is 8.42. The van der Waals surface area contributed by atoms with Crippen molar-refractivity contribution >= 4 is 39.9 Å². The number of fused-ring (bicyclic) bond motifs is 1. The summed E-state index contributed by atoms with van der Waals surface area (Å²) in [5.74, 6) is 1.22. The normalized spacial score (nSPS) is 16.0. The van der Waals surface area contributed by atoms with Crippen LogP contribution in [0.2, 0.25) is 0 Å². The van der Waals surface area contributed by atoms with Gasteiger partial charge >= 0.3 is 0 Å². The zero-order valence-corrected chi connectivity index (χ0v) is 23.4. The van der Waals surface area contributed by atoms with Crippen molar-refractivity contribution in [2.24, 2.45) is 0 Å². The summed E-state index contributed by atoms with van der Waals surface area (Å²) in [5, 5.41) is 5.21. The minimum Gasteiger partial charge on any atom is -0.353 e. The molecule has 2 amide bonds. The van der Waals surface area contributed by atoms with Crippen LogP contribution in [0.1, 0.15) is 55.7 Å². The van der Waals surface area contributed by atoms with Gasteiger partial charge in [-0.25, -0.2) is 4.98 Å². The average molecular weight is 531 g/mol. The molecule has 3 heterocycles. The zero-order valence-electron chi connectivity index (χ0n) is 22.6. The van der Waals surface area contributed by atoms with E-state index >= 15 is 0 Å². The Hall–Kier alpha value is -3.19. The summed E-state index contributed by atoms with van der Waals surface area (Å²) in [6, 6.07) is 10.6. The van der Waals surface area contributed by atoms with Gasteiger partial charge in [0.15, 0.2) is 0 Å². The molecule has 1 aliphatic carbocycles. The predicted octanol–water partition coefficient (Wildman–Crippen LogP) is 5.74. The number of thiophene rings is 1. The van der Waals surface area contributed by atoms with E-state index in [2.05, 4.69) is 47.5 Å². The van der Waals surface area contributed by atoms with Crippen molar-refractivity contribution in [3.63, 3.8) is 0 Å². The van der Waals surface area contributed by atoms with Crippen LogP contribution < -0.4 is 4.90 Å². The number of hydrogen-bond acceptors (Lipinski definition) is 5. The zero-order chi connectivity index (χ0) is 26.5. The minimum atomic E-state index is 0.119. The monoisotopic (exact) mass is 530 g/mol. The lowest BCUT2D eigenvalue weighted by Gasteiger charge is -2.36. The molecule has 6 nitrogen and oxygen atoms in total. The van der Waals surface area contributed by atoms with Gasteiger partial charge in [-0.15, -0.1) is 0 Å². The lowest BCUT2D eigenvalue weighted by atomic mass is 9.97. The molecular weight excluding hydrogens is 492 g/mol. The van der Waals surface area contributed by atoms with Crippen molar-refractivity contribution in [2.75, 3.05) is 37.6 Å². The van der Waals surface area contributed by atoms with Gasteiger partial charge in [0, 0.05) is 57.1 Å². The minimum absolute atomic E-state index is 0.119. The number of anilines is 1. The highest BCUT2D eigenvalue weighted by molar-refractivity contribution is 7.08. The Bertz CT molecular complexity index is 1310. The van der Waals surface area contributed by atoms with Crippen molar-refractivity contribution in [1.29, 1.82) is 0 Å². The third-order valence-electron chi connectivity index (χ3n) is 7.79. The molecule has 0 bridgehead atoms. The molecule has 0 unspecified atom stereocenters. The lowest BCUT2D eigenvalue weighted by molar-refractivity contribution is -0.131. The summed E-state index contributed by atoms with van der Waals surface area (Å²) in [6.07, 6.45) is 8.56. The number of carbonyl (C=O) groups is 2. The molecule has 2 aromatic heterocycles. The van der Waals surface area contributed by atoms with Crippen molar-refractivity contribution < 1.29 is 9.59 Å². The van der Waals surface area contributed by atoms with Gasteiger partial charge in [0.1, 0.15) is 5.82 Å². The van der Waals surface area contributed by atoms with Crippen LogP contribution in [0.25, 0.3) is 10.9 Å². The highest BCUT2D eigenvalue weighted by Crippen LogP contribution is 2.28. The molecule has 7 heteroatoms. The van der Waals surface area contributed by atoms with Gasteiger partial charge in [-0.05, 0) is 79.6 Å². The molecule has 1 aromatic carbocycles. The SMILES string of the molecule is CC(=O)N1CCN(c2nc3ccc(C)cc3cc2CN(CCC2=CCCCC2)C(=O)Cc2ccsc2)CC1. The Labute approximate surface area is 230 Å². The first-order valence-electron chi connectivity index (χ1n) is 13.8. The van der Waals surface area contributed by atoms with Gasteiger partial charge < -0.3 is 14.7 Å². The van der Waals surface area contributed by atoms with Gasteiger partial charge in [-0.3, -0.25) is 9.59 Å². The maximum Gasteiger partial charge on any atom is 0.227 e. The van der Waals surface area contributed by atoms with Gasteiger partial charge in [-0.1, -0.05) is 23.3 Å². The topological polar surface area (TPSA) is 56.8 Å².